The highest BCUT2D eigenvalue weighted by Gasteiger charge is 2.26. The number of amides is 1. The third-order valence-electron chi connectivity index (χ3n) is 5.22. The fraction of sp³-hybridized carbons (Fsp3) is 0.318. The first-order chi connectivity index (χ1) is 14.6. The summed E-state index contributed by atoms with van der Waals surface area (Å²) in [5, 5.41) is 8.19. The summed E-state index contributed by atoms with van der Waals surface area (Å²) in [6.45, 7) is 2.59. The molecule has 0 unspecified atom stereocenters. The molecule has 1 aliphatic heterocycles. The summed E-state index contributed by atoms with van der Waals surface area (Å²) in [4.78, 5) is 19.3. The average Bonchev–Trinajstić information content (AvgIpc) is 3.23. The van der Waals surface area contributed by atoms with Crippen LogP contribution in [0.2, 0.25) is 10.0 Å². The van der Waals surface area contributed by atoms with Crippen molar-refractivity contribution in [2.45, 2.75) is 25.9 Å². The second-order valence-corrected chi connectivity index (χ2v) is 8.19. The Morgan fingerprint density at radius 2 is 1.90 bits per heavy atom. The van der Waals surface area contributed by atoms with E-state index in [-0.39, 0.29) is 18.4 Å². The van der Waals surface area contributed by atoms with Gasteiger partial charge in [0.05, 0.1) is 17.5 Å². The first kappa shape index (κ1) is 20.8. The molecule has 3 aromatic rings. The Hall–Kier alpha value is -2.41. The molecule has 4 rings (SSSR count). The lowest BCUT2D eigenvalue weighted by molar-refractivity contribution is -0.127. The summed E-state index contributed by atoms with van der Waals surface area (Å²) in [7, 11) is 0. The van der Waals surface area contributed by atoms with Crippen LogP contribution in [0.5, 0.6) is 0 Å². The van der Waals surface area contributed by atoms with E-state index < -0.39 is 0 Å². The highest BCUT2D eigenvalue weighted by Crippen LogP contribution is 2.25. The van der Waals surface area contributed by atoms with Gasteiger partial charge in [-0.3, -0.25) is 9.69 Å². The number of nitrogens with one attached hydrogen (secondary N) is 1. The number of hydrogen-bond donors (Lipinski definition) is 1. The van der Waals surface area contributed by atoms with E-state index in [0.29, 0.717) is 28.8 Å². The summed E-state index contributed by atoms with van der Waals surface area (Å²) >= 11 is 12.5. The van der Waals surface area contributed by atoms with Crippen molar-refractivity contribution in [1.82, 2.24) is 20.4 Å². The lowest BCUT2D eigenvalue weighted by Crippen LogP contribution is -2.42. The molecule has 0 bridgehead atoms. The predicted octanol–water partition coefficient (Wildman–Crippen LogP) is 4.57. The van der Waals surface area contributed by atoms with Crippen molar-refractivity contribution in [2.75, 3.05) is 13.1 Å². The maximum absolute atomic E-state index is 12.7. The van der Waals surface area contributed by atoms with Crippen LogP contribution in [0.25, 0.3) is 11.4 Å². The minimum absolute atomic E-state index is 0.00338. The van der Waals surface area contributed by atoms with E-state index in [1.54, 1.807) is 6.07 Å². The second kappa shape index (κ2) is 9.60. The van der Waals surface area contributed by atoms with Crippen molar-refractivity contribution >= 4 is 29.1 Å². The van der Waals surface area contributed by atoms with Crippen LogP contribution >= 0.6 is 23.2 Å². The van der Waals surface area contributed by atoms with E-state index in [4.69, 9.17) is 27.7 Å². The van der Waals surface area contributed by atoms with Crippen LogP contribution in [0.15, 0.2) is 53.1 Å². The van der Waals surface area contributed by atoms with Crippen molar-refractivity contribution in [3.8, 4) is 11.4 Å². The molecule has 2 aromatic carbocycles. The molecule has 1 N–H and O–H groups in total. The van der Waals surface area contributed by atoms with E-state index in [1.807, 2.05) is 42.5 Å². The molecular weight excluding hydrogens is 423 g/mol. The second-order valence-electron chi connectivity index (χ2n) is 7.38. The van der Waals surface area contributed by atoms with E-state index in [2.05, 4.69) is 20.4 Å². The van der Waals surface area contributed by atoms with Gasteiger partial charge in [0.25, 0.3) is 0 Å². The standard InChI is InChI=1S/C22H22Cl2N4O2/c23-18-9-3-1-6-15(18)13-28-11-5-7-16(14-28)22(29)25-12-20-26-21(27-30-20)17-8-2-4-10-19(17)24/h1-4,6,8-10,16H,5,7,11-14H2,(H,25,29)/t16-/m1/s1. The number of aromatic nitrogens is 2. The number of hydrogen-bond acceptors (Lipinski definition) is 5. The molecular formula is C22H22Cl2N4O2. The summed E-state index contributed by atoms with van der Waals surface area (Å²) in [5.41, 5.74) is 1.78. The van der Waals surface area contributed by atoms with Crippen molar-refractivity contribution in [3.05, 3.63) is 70.0 Å². The number of nitrogens with zero attached hydrogens (tertiary/aromatic N) is 3. The molecule has 0 aliphatic carbocycles. The Kier molecular flexibility index (Phi) is 6.67. The zero-order chi connectivity index (χ0) is 20.9. The number of benzene rings is 2. The molecule has 0 radical (unpaired) electrons. The highest BCUT2D eigenvalue weighted by molar-refractivity contribution is 6.33. The average molecular weight is 445 g/mol. The molecule has 1 saturated heterocycles. The van der Waals surface area contributed by atoms with Crippen LogP contribution in [0.3, 0.4) is 0 Å². The molecule has 1 aromatic heterocycles. The Morgan fingerprint density at radius 1 is 1.13 bits per heavy atom. The molecule has 1 fully saturated rings. The molecule has 1 amide bonds. The number of halogens is 2. The van der Waals surface area contributed by atoms with Crippen LogP contribution in [-0.4, -0.2) is 34.0 Å². The molecule has 6 nitrogen and oxygen atoms in total. The molecule has 30 heavy (non-hydrogen) atoms. The SMILES string of the molecule is O=C(NCc1nc(-c2ccccc2Cl)no1)[C@@H]1CCCN(Cc2ccccc2Cl)C1. The zero-order valence-corrected chi connectivity index (χ0v) is 17.9. The lowest BCUT2D eigenvalue weighted by atomic mass is 9.96. The van der Waals surface area contributed by atoms with Gasteiger partial charge in [0.15, 0.2) is 0 Å². The van der Waals surface area contributed by atoms with Crippen molar-refractivity contribution in [1.29, 1.82) is 0 Å². The van der Waals surface area contributed by atoms with Crippen molar-refractivity contribution in [2.24, 2.45) is 5.92 Å². The van der Waals surface area contributed by atoms with E-state index >= 15 is 0 Å². The predicted molar refractivity (Wildman–Crippen MR) is 116 cm³/mol. The lowest BCUT2D eigenvalue weighted by Gasteiger charge is -2.32. The maximum atomic E-state index is 12.7. The molecule has 8 heteroatoms. The zero-order valence-electron chi connectivity index (χ0n) is 16.4. The Morgan fingerprint density at radius 3 is 2.70 bits per heavy atom. The van der Waals surface area contributed by atoms with Gasteiger partial charge >= 0.3 is 0 Å². The maximum Gasteiger partial charge on any atom is 0.246 e. The van der Waals surface area contributed by atoms with Gasteiger partial charge < -0.3 is 9.84 Å². The van der Waals surface area contributed by atoms with Crippen LogP contribution in [0.4, 0.5) is 0 Å². The highest BCUT2D eigenvalue weighted by atomic mass is 35.5. The van der Waals surface area contributed by atoms with E-state index in [1.165, 1.54) is 0 Å². The van der Waals surface area contributed by atoms with Gasteiger partial charge in [0.2, 0.25) is 17.6 Å². The molecule has 0 saturated carbocycles. The molecule has 1 atom stereocenters. The van der Waals surface area contributed by atoms with Gasteiger partial charge in [-0.1, -0.05) is 58.7 Å². The fourth-order valence-corrected chi connectivity index (χ4v) is 4.08. The molecule has 2 heterocycles. The summed E-state index contributed by atoms with van der Waals surface area (Å²) in [6, 6.07) is 15.1. The molecule has 1 aliphatic rings. The number of rotatable bonds is 6. The summed E-state index contributed by atoms with van der Waals surface area (Å²) < 4.78 is 5.27. The van der Waals surface area contributed by atoms with Crippen molar-refractivity contribution < 1.29 is 9.32 Å². The first-order valence-electron chi connectivity index (χ1n) is 9.91. The minimum Gasteiger partial charge on any atom is -0.347 e. The number of carbonyl (C=O) groups is 1. The fourth-order valence-electron chi connectivity index (χ4n) is 3.67. The van der Waals surface area contributed by atoms with Crippen LogP contribution in [-0.2, 0) is 17.9 Å². The number of piperidine rings is 1. The quantitative estimate of drug-likeness (QED) is 0.602. The molecule has 156 valence electrons. The van der Waals surface area contributed by atoms with E-state index in [9.17, 15) is 4.79 Å². The van der Waals surface area contributed by atoms with Crippen LogP contribution in [0.1, 0.15) is 24.3 Å². The number of likely N-dealkylation sites (tertiary alicyclic amines) is 1. The number of carbonyl (C=O) groups excluding carboxylic acids is 1. The smallest absolute Gasteiger partial charge is 0.246 e. The van der Waals surface area contributed by atoms with E-state index in [0.717, 1.165) is 36.5 Å². The van der Waals surface area contributed by atoms with Gasteiger partial charge in [-0.15, -0.1) is 0 Å². The van der Waals surface area contributed by atoms with Crippen LogP contribution < -0.4 is 5.32 Å². The minimum atomic E-state index is -0.0767. The van der Waals surface area contributed by atoms with Gasteiger partial charge in [0.1, 0.15) is 0 Å². The first-order valence-corrected chi connectivity index (χ1v) is 10.7. The largest absolute Gasteiger partial charge is 0.347 e. The topological polar surface area (TPSA) is 71.3 Å². The van der Waals surface area contributed by atoms with Crippen LogP contribution in [0, 0.1) is 5.92 Å². The van der Waals surface area contributed by atoms with Crippen molar-refractivity contribution in [3.63, 3.8) is 0 Å². The summed E-state index contributed by atoms with van der Waals surface area (Å²) in [5.74, 6) is 0.680. The third kappa shape index (κ3) is 5.01. The van der Waals surface area contributed by atoms with Gasteiger partial charge in [-0.2, -0.15) is 4.98 Å². The Balaban J connectivity index is 1.32. The Labute approximate surface area is 185 Å². The van der Waals surface area contributed by atoms with Gasteiger partial charge in [-0.25, -0.2) is 0 Å². The summed E-state index contributed by atoms with van der Waals surface area (Å²) in [6.07, 6.45) is 1.83. The van der Waals surface area contributed by atoms with Gasteiger partial charge in [0, 0.05) is 23.7 Å². The third-order valence-corrected chi connectivity index (χ3v) is 5.92. The monoisotopic (exact) mass is 444 g/mol. The molecule has 0 spiro atoms. The normalized spacial score (nSPS) is 17.1. The Bertz CT molecular complexity index is 1020. The van der Waals surface area contributed by atoms with Gasteiger partial charge in [-0.05, 0) is 43.1 Å².